The van der Waals surface area contributed by atoms with E-state index in [2.05, 4.69) is 9.98 Å². The highest BCUT2D eigenvalue weighted by atomic mass is 35.5. The van der Waals surface area contributed by atoms with E-state index < -0.39 is 16.4 Å². The fourth-order valence-corrected chi connectivity index (χ4v) is 3.17. The monoisotopic (exact) mass is 346 g/mol. The highest BCUT2D eigenvalue weighted by molar-refractivity contribution is 7.18. The molecule has 0 radical (unpaired) electrons. The van der Waals surface area contributed by atoms with Crippen molar-refractivity contribution in [3.8, 4) is 5.75 Å². The predicted molar refractivity (Wildman–Crippen MR) is 89.2 cm³/mol. The van der Waals surface area contributed by atoms with Gasteiger partial charge < -0.3 is 5.11 Å². The number of nitro benzene ring substituents is 1. The molecule has 3 aromatic rings. The van der Waals surface area contributed by atoms with Crippen molar-refractivity contribution in [3.05, 3.63) is 56.0 Å². The lowest BCUT2D eigenvalue weighted by Gasteiger charge is -2.10. The molecule has 3 rings (SSSR count). The minimum atomic E-state index is -0.752. The standard InChI is InChI=1S/C15H10ClN3O3S/c1-8-18-12-3-2-11(6-14(12)23-8)17-7-9-4-10(16)5-13(15(9)20)19(21)22/h2-7,20H,1H3/p-1. The van der Waals surface area contributed by atoms with Gasteiger partial charge in [0.1, 0.15) is 0 Å². The normalized spacial score (nSPS) is 11.4. The third-order valence-electron chi connectivity index (χ3n) is 3.09. The average molecular weight is 347 g/mol. The predicted octanol–water partition coefficient (Wildman–Crippen LogP) is 3.99. The molecule has 0 spiro atoms. The van der Waals surface area contributed by atoms with Gasteiger partial charge in [0, 0.05) is 17.3 Å². The Labute approximate surface area is 139 Å². The van der Waals surface area contributed by atoms with Crippen LogP contribution in [0.4, 0.5) is 11.4 Å². The van der Waals surface area contributed by atoms with Crippen LogP contribution in [-0.4, -0.2) is 16.1 Å². The molecule has 0 amide bonds. The Kier molecular flexibility index (Phi) is 3.97. The first kappa shape index (κ1) is 15.4. The van der Waals surface area contributed by atoms with Crippen LogP contribution in [0, 0.1) is 17.0 Å². The third-order valence-corrected chi connectivity index (χ3v) is 4.24. The first-order valence-corrected chi connectivity index (χ1v) is 7.69. The molecule has 0 bridgehead atoms. The zero-order chi connectivity index (χ0) is 16.6. The lowest BCUT2D eigenvalue weighted by Crippen LogP contribution is -2.02. The van der Waals surface area contributed by atoms with Gasteiger partial charge in [0.25, 0.3) is 5.69 Å². The van der Waals surface area contributed by atoms with Crippen LogP contribution in [0.1, 0.15) is 10.6 Å². The van der Waals surface area contributed by atoms with E-state index in [1.807, 2.05) is 19.1 Å². The third kappa shape index (κ3) is 3.15. The van der Waals surface area contributed by atoms with Gasteiger partial charge in [0.05, 0.1) is 25.8 Å². The number of aromatic nitrogens is 1. The first-order chi connectivity index (χ1) is 10.9. The van der Waals surface area contributed by atoms with E-state index in [1.54, 1.807) is 17.4 Å². The van der Waals surface area contributed by atoms with Gasteiger partial charge in [-0.05, 0) is 42.5 Å². The SMILES string of the molecule is Cc1nc2ccc(N=Cc3cc(Cl)cc([N+](=O)[O-])c3[O-])cc2s1. The summed E-state index contributed by atoms with van der Waals surface area (Å²) in [5.74, 6) is -0.710. The molecule has 0 fully saturated rings. The van der Waals surface area contributed by atoms with Crippen LogP contribution in [0.25, 0.3) is 10.2 Å². The molecule has 0 saturated carbocycles. The van der Waals surface area contributed by atoms with E-state index in [-0.39, 0.29) is 10.6 Å². The molecule has 116 valence electrons. The van der Waals surface area contributed by atoms with Gasteiger partial charge in [-0.25, -0.2) is 4.98 Å². The van der Waals surface area contributed by atoms with Crippen LogP contribution in [0.2, 0.25) is 5.02 Å². The molecule has 0 aliphatic rings. The molecule has 0 saturated heterocycles. The van der Waals surface area contributed by atoms with E-state index in [1.165, 1.54) is 12.3 Å². The number of nitro groups is 1. The summed E-state index contributed by atoms with van der Waals surface area (Å²) in [6.45, 7) is 1.92. The molecule has 6 nitrogen and oxygen atoms in total. The zero-order valence-corrected chi connectivity index (χ0v) is 13.4. The minimum absolute atomic E-state index is 0.0739. The minimum Gasteiger partial charge on any atom is -0.867 e. The van der Waals surface area contributed by atoms with Gasteiger partial charge >= 0.3 is 0 Å². The van der Waals surface area contributed by atoms with E-state index >= 15 is 0 Å². The average Bonchev–Trinajstić information content (AvgIpc) is 2.86. The number of benzene rings is 2. The molecule has 0 unspecified atom stereocenters. The summed E-state index contributed by atoms with van der Waals surface area (Å²) in [5, 5.41) is 23.9. The summed E-state index contributed by atoms with van der Waals surface area (Å²) >= 11 is 7.36. The van der Waals surface area contributed by atoms with Crippen molar-refractivity contribution in [1.82, 2.24) is 4.98 Å². The first-order valence-electron chi connectivity index (χ1n) is 6.50. The van der Waals surface area contributed by atoms with Crippen molar-refractivity contribution in [2.24, 2.45) is 4.99 Å². The lowest BCUT2D eigenvalue weighted by molar-refractivity contribution is -0.398. The molecular weight excluding hydrogens is 338 g/mol. The number of hydrogen-bond donors (Lipinski definition) is 0. The number of aliphatic imine (C=N–C) groups is 1. The molecule has 0 aliphatic carbocycles. The lowest BCUT2D eigenvalue weighted by atomic mass is 10.2. The molecular formula is C15H9ClN3O3S-. The van der Waals surface area contributed by atoms with E-state index in [0.717, 1.165) is 21.3 Å². The molecule has 0 aliphatic heterocycles. The van der Waals surface area contributed by atoms with Crippen molar-refractivity contribution in [2.75, 3.05) is 0 Å². The van der Waals surface area contributed by atoms with E-state index in [4.69, 9.17) is 11.6 Å². The number of halogens is 1. The van der Waals surface area contributed by atoms with Gasteiger partial charge in [-0.3, -0.25) is 15.1 Å². The Bertz CT molecular complexity index is 953. The second kappa shape index (κ2) is 5.94. The molecule has 23 heavy (non-hydrogen) atoms. The largest absolute Gasteiger partial charge is 0.867 e. The maximum absolute atomic E-state index is 12.0. The highest BCUT2D eigenvalue weighted by Gasteiger charge is 2.11. The Morgan fingerprint density at radius 1 is 1.35 bits per heavy atom. The second-order valence-electron chi connectivity index (χ2n) is 4.74. The quantitative estimate of drug-likeness (QED) is 0.407. The summed E-state index contributed by atoms with van der Waals surface area (Å²) in [6.07, 6.45) is 1.29. The summed E-state index contributed by atoms with van der Waals surface area (Å²) in [7, 11) is 0. The smallest absolute Gasteiger partial charge is 0.263 e. The molecule has 1 heterocycles. The van der Waals surface area contributed by atoms with Crippen LogP contribution >= 0.6 is 22.9 Å². The fourth-order valence-electron chi connectivity index (χ4n) is 2.08. The topological polar surface area (TPSA) is 91.5 Å². The molecule has 8 heteroatoms. The maximum atomic E-state index is 12.0. The van der Waals surface area contributed by atoms with Gasteiger partial charge in [0.15, 0.2) is 0 Å². The number of nitrogens with zero attached hydrogens (tertiary/aromatic N) is 3. The van der Waals surface area contributed by atoms with Gasteiger partial charge in [-0.15, -0.1) is 11.3 Å². The van der Waals surface area contributed by atoms with Crippen LogP contribution < -0.4 is 5.11 Å². The number of thiazole rings is 1. The Hall–Kier alpha value is -2.51. The van der Waals surface area contributed by atoms with Crippen molar-refractivity contribution < 1.29 is 10.0 Å². The second-order valence-corrected chi connectivity index (χ2v) is 6.41. The number of fused-ring (bicyclic) bond motifs is 1. The van der Waals surface area contributed by atoms with Crippen LogP contribution in [0.15, 0.2) is 35.3 Å². The van der Waals surface area contributed by atoms with Crippen LogP contribution in [0.5, 0.6) is 5.75 Å². The zero-order valence-electron chi connectivity index (χ0n) is 11.8. The fraction of sp³-hybridized carbons (Fsp3) is 0.0667. The summed E-state index contributed by atoms with van der Waals surface area (Å²) < 4.78 is 0.983. The van der Waals surface area contributed by atoms with Crippen LogP contribution in [0.3, 0.4) is 0 Å². The highest BCUT2D eigenvalue weighted by Crippen LogP contribution is 2.31. The Morgan fingerprint density at radius 3 is 2.87 bits per heavy atom. The summed E-state index contributed by atoms with van der Waals surface area (Å²) in [6, 6.07) is 7.84. The number of rotatable bonds is 3. The van der Waals surface area contributed by atoms with E-state index in [0.29, 0.717) is 5.69 Å². The van der Waals surface area contributed by atoms with Crippen molar-refractivity contribution >= 4 is 50.7 Å². The molecule has 1 aromatic heterocycles. The summed E-state index contributed by atoms with van der Waals surface area (Å²) in [4.78, 5) is 18.7. The van der Waals surface area contributed by atoms with Crippen molar-refractivity contribution in [2.45, 2.75) is 6.92 Å². The number of aryl methyl sites for hydroxylation is 1. The van der Waals surface area contributed by atoms with Crippen molar-refractivity contribution in [1.29, 1.82) is 0 Å². The van der Waals surface area contributed by atoms with E-state index in [9.17, 15) is 15.2 Å². The summed E-state index contributed by atoms with van der Waals surface area (Å²) in [5.41, 5.74) is 1.02. The van der Waals surface area contributed by atoms with Gasteiger partial charge in [-0.1, -0.05) is 11.6 Å². The molecule has 0 N–H and O–H groups in total. The van der Waals surface area contributed by atoms with Crippen molar-refractivity contribution in [3.63, 3.8) is 0 Å². The maximum Gasteiger partial charge on any atom is 0.263 e. The Morgan fingerprint density at radius 2 is 2.13 bits per heavy atom. The van der Waals surface area contributed by atoms with Gasteiger partial charge in [0.2, 0.25) is 0 Å². The number of hydrogen-bond acceptors (Lipinski definition) is 6. The molecule has 0 atom stereocenters. The molecule has 2 aromatic carbocycles. The van der Waals surface area contributed by atoms with Crippen LogP contribution in [-0.2, 0) is 0 Å². The Balaban J connectivity index is 1.99. The van der Waals surface area contributed by atoms with Gasteiger partial charge in [-0.2, -0.15) is 0 Å².